The number of piperazine rings is 1. The SMILES string of the molecule is O=C(Cc1ccc(F)cc1)N1CCN(S(=O)(=O)c2ccc(Cl)c(C(F)(F)F)c2)CC1. The van der Waals surface area contributed by atoms with Crippen LogP contribution in [0.25, 0.3) is 0 Å². The largest absolute Gasteiger partial charge is 0.417 e. The highest BCUT2D eigenvalue weighted by Crippen LogP contribution is 2.36. The van der Waals surface area contributed by atoms with Gasteiger partial charge in [-0.3, -0.25) is 4.79 Å². The lowest BCUT2D eigenvalue weighted by atomic mass is 10.1. The molecule has 1 heterocycles. The van der Waals surface area contributed by atoms with Crippen molar-refractivity contribution in [3.63, 3.8) is 0 Å². The van der Waals surface area contributed by atoms with Gasteiger partial charge in [-0.15, -0.1) is 0 Å². The fourth-order valence-electron chi connectivity index (χ4n) is 3.10. The summed E-state index contributed by atoms with van der Waals surface area (Å²) in [5, 5.41) is -0.586. The van der Waals surface area contributed by atoms with Crippen molar-refractivity contribution in [1.29, 1.82) is 0 Å². The summed E-state index contributed by atoms with van der Waals surface area (Å²) in [4.78, 5) is 13.4. The van der Waals surface area contributed by atoms with E-state index in [0.29, 0.717) is 11.6 Å². The molecule has 0 radical (unpaired) electrons. The monoisotopic (exact) mass is 464 g/mol. The Labute approximate surface area is 175 Å². The van der Waals surface area contributed by atoms with Crippen molar-refractivity contribution in [2.75, 3.05) is 26.2 Å². The lowest BCUT2D eigenvalue weighted by Gasteiger charge is -2.34. The molecule has 0 bridgehead atoms. The summed E-state index contributed by atoms with van der Waals surface area (Å²) in [6.45, 7) is 0.0842. The number of hydrogen-bond acceptors (Lipinski definition) is 3. The molecule has 0 atom stereocenters. The Morgan fingerprint density at radius 1 is 1.00 bits per heavy atom. The molecule has 1 saturated heterocycles. The highest BCUT2D eigenvalue weighted by atomic mass is 35.5. The van der Waals surface area contributed by atoms with Crippen LogP contribution >= 0.6 is 11.6 Å². The Kier molecular flexibility index (Phi) is 6.40. The van der Waals surface area contributed by atoms with Crippen molar-refractivity contribution in [1.82, 2.24) is 9.21 Å². The zero-order valence-corrected chi connectivity index (χ0v) is 17.1. The van der Waals surface area contributed by atoms with Gasteiger partial charge in [0.25, 0.3) is 0 Å². The van der Waals surface area contributed by atoms with E-state index >= 15 is 0 Å². The first-order valence-corrected chi connectivity index (χ1v) is 10.7. The lowest BCUT2D eigenvalue weighted by Crippen LogP contribution is -2.50. The predicted octanol–water partition coefficient (Wildman–Crippen LogP) is 3.57. The van der Waals surface area contributed by atoms with Crippen LogP contribution in [0.2, 0.25) is 5.02 Å². The summed E-state index contributed by atoms with van der Waals surface area (Å²) in [6.07, 6.45) is -4.74. The third-order valence-corrected chi connectivity index (χ3v) is 6.97. The Morgan fingerprint density at radius 3 is 2.17 bits per heavy atom. The summed E-state index contributed by atoms with van der Waals surface area (Å²) in [7, 11) is -4.18. The first-order chi connectivity index (χ1) is 14.0. The second kappa shape index (κ2) is 8.52. The van der Waals surface area contributed by atoms with E-state index < -0.39 is 37.5 Å². The molecule has 0 aromatic heterocycles. The van der Waals surface area contributed by atoms with Gasteiger partial charge in [0.2, 0.25) is 15.9 Å². The molecule has 0 N–H and O–H groups in total. The number of nitrogens with zero attached hydrogens (tertiary/aromatic N) is 2. The summed E-state index contributed by atoms with van der Waals surface area (Å²) in [5.41, 5.74) is -0.601. The number of alkyl halides is 3. The fraction of sp³-hybridized carbons (Fsp3) is 0.316. The van der Waals surface area contributed by atoms with E-state index in [4.69, 9.17) is 11.6 Å². The first kappa shape index (κ1) is 22.5. The number of halogens is 5. The van der Waals surface area contributed by atoms with Crippen molar-refractivity contribution in [2.24, 2.45) is 0 Å². The van der Waals surface area contributed by atoms with E-state index in [1.807, 2.05) is 0 Å². The third-order valence-electron chi connectivity index (χ3n) is 4.74. The lowest BCUT2D eigenvalue weighted by molar-refractivity contribution is -0.137. The molecule has 2 aromatic rings. The molecule has 1 aliphatic rings. The van der Waals surface area contributed by atoms with Gasteiger partial charge in [0.05, 0.1) is 21.9 Å². The standard InChI is InChI=1S/C19H17ClF4N2O3S/c20-17-6-5-15(12-16(17)19(22,23)24)30(28,29)26-9-7-25(8-10-26)18(27)11-13-1-3-14(21)4-2-13/h1-6,12H,7-11H2. The van der Waals surface area contributed by atoms with E-state index in [1.165, 1.54) is 29.2 Å². The smallest absolute Gasteiger partial charge is 0.340 e. The van der Waals surface area contributed by atoms with Crippen molar-refractivity contribution < 1.29 is 30.8 Å². The van der Waals surface area contributed by atoms with Crippen LogP contribution in [0, 0.1) is 5.82 Å². The Morgan fingerprint density at radius 2 is 1.60 bits per heavy atom. The Bertz CT molecular complexity index is 1030. The van der Waals surface area contributed by atoms with Crippen LogP contribution in [-0.4, -0.2) is 49.7 Å². The van der Waals surface area contributed by atoms with Gasteiger partial charge in [-0.1, -0.05) is 23.7 Å². The van der Waals surface area contributed by atoms with Gasteiger partial charge < -0.3 is 4.90 Å². The number of sulfonamides is 1. The van der Waals surface area contributed by atoms with Gasteiger partial charge in [-0.05, 0) is 35.9 Å². The molecule has 3 rings (SSSR count). The zero-order chi connectivity index (χ0) is 22.1. The van der Waals surface area contributed by atoms with Crippen LogP contribution < -0.4 is 0 Å². The first-order valence-electron chi connectivity index (χ1n) is 8.87. The summed E-state index contributed by atoms with van der Waals surface area (Å²) in [5.74, 6) is -0.662. The predicted molar refractivity (Wildman–Crippen MR) is 102 cm³/mol. The number of carbonyl (C=O) groups is 1. The molecule has 0 unspecified atom stereocenters. The minimum Gasteiger partial charge on any atom is -0.340 e. The minimum absolute atomic E-state index is 0.0408. The molecule has 0 spiro atoms. The topological polar surface area (TPSA) is 57.7 Å². The van der Waals surface area contributed by atoms with Crippen LogP contribution in [0.1, 0.15) is 11.1 Å². The van der Waals surface area contributed by atoms with E-state index in [0.717, 1.165) is 16.4 Å². The molecule has 1 fully saturated rings. The third kappa shape index (κ3) is 4.93. The number of rotatable bonds is 4. The number of carbonyl (C=O) groups excluding carboxylic acids is 1. The van der Waals surface area contributed by atoms with Gasteiger partial charge in [0.1, 0.15) is 5.82 Å². The molecule has 162 valence electrons. The maximum absolute atomic E-state index is 13.0. The molecule has 1 amide bonds. The van der Waals surface area contributed by atoms with E-state index in [1.54, 1.807) is 0 Å². The Hall–Kier alpha value is -2.17. The van der Waals surface area contributed by atoms with Crippen molar-refractivity contribution >= 4 is 27.5 Å². The van der Waals surface area contributed by atoms with Crippen molar-refractivity contribution in [2.45, 2.75) is 17.5 Å². The quantitative estimate of drug-likeness (QED) is 0.650. The Balaban J connectivity index is 1.68. The second-order valence-electron chi connectivity index (χ2n) is 6.73. The number of benzene rings is 2. The summed E-state index contributed by atoms with van der Waals surface area (Å²) >= 11 is 5.55. The highest BCUT2D eigenvalue weighted by Gasteiger charge is 2.36. The summed E-state index contributed by atoms with van der Waals surface area (Å²) < 4.78 is 78.6. The molecule has 0 saturated carbocycles. The maximum atomic E-state index is 13.0. The molecular weight excluding hydrogens is 448 g/mol. The van der Waals surface area contributed by atoms with Gasteiger partial charge in [0, 0.05) is 26.2 Å². The van der Waals surface area contributed by atoms with Crippen LogP contribution in [0.4, 0.5) is 17.6 Å². The van der Waals surface area contributed by atoms with Gasteiger partial charge >= 0.3 is 6.18 Å². The van der Waals surface area contributed by atoms with E-state index in [2.05, 4.69) is 0 Å². The normalized spacial score (nSPS) is 16.0. The molecule has 1 aliphatic heterocycles. The van der Waals surface area contributed by atoms with Crippen LogP contribution in [-0.2, 0) is 27.4 Å². The average molecular weight is 465 g/mol. The van der Waals surface area contributed by atoms with E-state index in [9.17, 15) is 30.8 Å². The van der Waals surface area contributed by atoms with Crippen LogP contribution in [0.15, 0.2) is 47.4 Å². The summed E-state index contributed by atoms with van der Waals surface area (Å²) in [6, 6.07) is 7.92. The molecule has 2 aromatic carbocycles. The number of amides is 1. The molecular formula is C19H17ClF4N2O3S. The minimum atomic E-state index is -4.78. The van der Waals surface area contributed by atoms with Crippen LogP contribution in [0.5, 0.6) is 0 Å². The molecule has 30 heavy (non-hydrogen) atoms. The highest BCUT2D eigenvalue weighted by molar-refractivity contribution is 7.89. The van der Waals surface area contributed by atoms with Gasteiger partial charge in [0.15, 0.2) is 0 Å². The second-order valence-corrected chi connectivity index (χ2v) is 9.07. The zero-order valence-electron chi connectivity index (χ0n) is 15.5. The van der Waals surface area contributed by atoms with Gasteiger partial charge in [-0.25, -0.2) is 12.8 Å². The van der Waals surface area contributed by atoms with Crippen molar-refractivity contribution in [3.8, 4) is 0 Å². The van der Waals surface area contributed by atoms with E-state index in [-0.39, 0.29) is 38.5 Å². The average Bonchev–Trinajstić information content (AvgIpc) is 2.69. The van der Waals surface area contributed by atoms with Crippen molar-refractivity contribution in [3.05, 3.63) is 64.4 Å². The fourth-order valence-corrected chi connectivity index (χ4v) is 4.77. The van der Waals surface area contributed by atoms with Crippen LogP contribution in [0.3, 0.4) is 0 Å². The number of hydrogen-bond donors (Lipinski definition) is 0. The molecule has 5 nitrogen and oxygen atoms in total. The van der Waals surface area contributed by atoms with Gasteiger partial charge in [-0.2, -0.15) is 17.5 Å². The molecule has 11 heteroatoms. The maximum Gasteiger partial charge on any atom is 0.417 e. The molecule has 0 aliphatic carbocycles.